The third kappa shape index (κ3) is 5.10. The number of nitro benzene ring substituents is 1. The van der Waals surface area contributed by atoms with Crippen LogP contribution in [0.15, 0.2) is 59.0 Å². The molecule has 0 spiro atoms. The average Bonchev–Trinajstić information content (AvgIpc) is 3.36. The van der Waals surface area contributed by atoms with Crippen molar-refractivity contribution in [2.45, 2.75) is 27.3 Å². The molecule has 0 fully saturated rings. The van der Waals surface area contributed by atoms with Crippen LogP contribution >= 0.6 is 11.6 Å². The van der Waals surface area contributed by atoms with Crippen molar-refractivity contribution in [3.8, 4) is 11.5 Å². The Bertz CT molecular complexity index is 1370. The van der Waals surface area contributed by atoms with Gasteiger partial charge in [0.15, 0.2) is 5.76 Å². The highest BCUT2D eigenvalue weighted by atomic mass is 35.5. The number of hydrogen-bond donors (Lipinski definition) is 1. The predicted octanol–water partition coefficient (Wildman–Crippen LogP) is 6.06. The third-order valence-corrected chi connectivity index (χ3v) is 5.65. The molecule has 2 heterocycles. The van der Waals surface area contributed by atoms with Gasteiger partial charge in [0.05, 0.1) is 39.6 Å². The van der Waals surface area contributed by atoms with Gasteiger partial charge in [-0.05, 0) is 45.0 Å². The van der Waals surface area contributed by atoms with Crippen molar-refractivity contribution in [3.63, 3.8) is 0 Å². The molecular weight excluding hydrogens is 460 g/mol. The number of halogens is 1. The van der Waals surface area contributed by atoms with Crippen LogP contribution in [0.25, 0.3) is 0 Å². The van der Waals surface area contributed by atoms with Crippen LogP contribution in [-0.4, -0.2) is 20.6 Å². The van der Waals surface area contributed by atoms with E-state index in [-0.39, 0.29) is 22.9 Å². The first-order valence-electron chi connectivity index (χ1n) is 10.3. The van der Waals surface area contributed by atoms with E-state index in [2.05, 4.69) is 10.4 Å². The number of nitro groups is 1. The number of hydrogen-bond acceptors (Lipinski definition) is 6. The number of aryl methyl sites for hydroxylation is 2. The minimum Gasteiger partial charge on any atom is -0.457 e. The van der Waals surface area contributed by atoms with Gasteiger partial charge in [0, 0.05) is 12.1 Å². The molecule has 0 saturated heterocycles. The van der Waals surface area contributed by atoms with Crippen molar-refractivity contribution in [1.82, 2.24) is 9.78 Å². The summed E-state index contributed by atoms with van der Waals surface area (Å²) < 4.78 is 13.1. The number of rotatable bonds is 7. The largest absolute Gasteiger partial charge is 0.457 e. The molecule has 1 N–H and O–H groups in total. The first-order valence-corrected chi connectivity index (χ1v) is 10.7. The fraction of sp³-hybridized carbons (Fsp3) is 0.167. The Morgan fingerprint density at radius 2 is 1.85 bits per heavy atom. The number of carbonyl (C=O) groups excluding carboxylic acids is 1. The zero-order valence-corrected chi connectivity index (χ0v) is 19.4. The summed E-state index contributed by atoms with van der Waals surface area (Å²) in [6.07, 6.45) is 0. The molecule has 4 aromatic rings. The molecule has 0 radical (unpaired) electrons. The molecule has 1 amide bonds. The van der Waals surface area contributed by atoms with E-state index in [1.165, 1.54) is 24.3 Å². The van der Waals surface area contributed by atoms with Gasteiger partial charge in [0.2, 0.25) is 0 Å². The SMILES string of the molecule is Cc1ccc(Oc2cc(NC(=O)c3ccc(Cn4nc(C)c(Cl)c4C)o3)cc([N+](=O)[O-])c2)cc1. The fourth-order valence-electron chi connectivity index (χ4n) is 3.32. The molecule has 34 heavy (non-hydrogen) atoms. The second kappa shape index (κ2) is 9.40. The fourth-order valence-corrected chi connectivity index (χ4v) is 3.45. The summed E-state index contributed by atoms with van der Waals surface area (Å²) in [5.41, 5.74) is 2.53. The van der Waals surface area contributed by atoms with Crippen LogP contribution in [0.3, 0.4) is 0 Å². The van der Waals surface area contributed by atoms with Gasteiger partial charge in [-0.2, -0.15) is 5.10 Å². The molecular formula is C24H21ClN4O5. The molecule has 2 aromatic carbocycles. The van der Waals surface area contributed by atoms with E-state index in [0.29, 0.717) is 28.8 Å². The number of benzene rings is 2. The van der Waals surface area contributed by atoms with Crippen molar-refractivity contribution in [1.29, 1.82) is 0 Å². The van der Waals surface area contributed by atoms with Gasteiger partial charge < -0.3 is 14.5 Å². The average molecular weight is 481 g/mol. The maximum Gasteiger partial charge on any atom is 0.291 e. The van der Waals surface area contributed by atoms with Crippen LogP contribution in [0, 0.1) is 30.9 Å². The monoisotopic (exact) mass is 480 g/mol. The standard InChI is InChI=1S/C24H21ClN4O5/c1-14-4-6-19(7-5-14)33-21-11-17(10-18(12-21)29(31)32)26-24(30)22-9-8-20(34-22)13-28-16(3)23(25)15(2)27-28/h4-12H,13H2,1-3H3,(H,26,30). The molecule has 0 atom stereocenters. The van der Waals surface area contributed by atoms with Gasteiger partial charge in [0.1, 0.15) is 17.3 Å². The number of anilines is 1. The lowest BCUT2D eigenvalue weighted by atomic mass is 10.2. The molecule has 4 rings (SSSR count). The van der Waals surface area contributed by atoms with E-state index < -0.39 is 10.8 Å². The summed E-state index contributed by atoms with van der Waals surface area (Å²) in [5.74, 6) is 0.739. The van der Waals surface area contributed by atoms with Gasteiger partial charge in [-0.25, -0.2) is 0 Å². The molecule has 174 valence electrons. The van der Waals surface area contributed by atoms with Crippen molar-refractivity contribution in [2.24, 2.45) is 0 Å². The highest BCUT2D eigenvalue weighted by Gasteiger charge is 2.17. The topological polar surface area (TPSA) is 112 Å². The normalized spacial score (nSPS) is 10.8. The number of ether oxygens (including phenoxy) is 1. The highest BCUT2D eigenvalue weighted by Crippen LogP contribution is 2.30. The minimum atomic E-state index is -0.556. The Hall–Kier alpha value is -4.11. The quantitative estimate of drug-likeness (QED) is 0.254. The summed E-state index contributed by atoms with van der Waals surface area (Å²) in [6.45, 7) is 5.90. The molecule has 10 heteroatoms. The minimum absolute atomic E-state index is 0.0511. The zero-order chi connectivity index (χ0) is 24.4. The third-order valence-electron chi connectivity index (χ3n) is 5.10. The van der Waals surface area contributed by atoms with Crippen molar-refractivity contribution >= 4 is 28.9 Å². The lowest BCUT2D eigenvalue weighted by Gasteiger charge is -2.09. The molecule has 0 aliphatic carbocycles. The summed E-state index contributed by atoms with van der Waals surface area (Å²) in [7, 11) is 0. The number of nitrogens with zero attached hydrogens (tertiary/aromatic N) is 3. The lowest BCUT2D eigenvalue weighted by Crippen LogP contribution is -2.11. The van der Waals surface area contributed by atoms with E-state index >= 15 is 0 Å². The summed E-state index contributed by atoms with van der Waals surface area (Å²) in [6, 6.07) is 14.5. The second-order valence-electron chi connectivity index (χ2n) is 7.75. The second-order valence-corrected chi connectivity index (χ2v) is 8.13. The van der Waals surface area contributed by atoms with E-state index in [1.807, 2.05) is 32.9 Å². The molecule has 0 bridgehead atoms. The van der Waals surface area contributed by atoms with Crippen molar-refractivity contribution in [2.75, 3.05) is 5.32 Å². The van der Waals surface area contributed by atoms with Crippen LogP contribution in [0.5, 0.6) is 11.5 Å². The summed E-state index contributed by atoms with van der Waals surface area (Å²) in [5, 5.41) is 18.9. The highest BCUT2D eigenvalue weighted by molar-refractivity contribution is 6.31. The number of aromatic nitrogens is 2. The number of amides is 1. The Morgan fingerprint density at radius 1 is 1.12 bits per heavy atom. The van der Waals surface area contributed by atoms with Crippen LogP contribution in [0.1, 0.15) is 33.3 Å². The molecule has 0 saturated carbocycles. The van der Waals surface area contributed by atoms with Crippen LogP contribution in [-0.2, 0) is 6.54 Å². The Labute approximate surface area is 200 Å². The Morgan fingerprint density at radius 3 is 2.50 bits per heavy atom. The Kier molecular flexibility index (Phi) is 6.38. The maximum atomic E-state index is 12.7. The van der Waals surface area contributed by atoms with Gasteiger partial charge in [-0.15, -0.1) is 0 Å². The summed E-state index contributed by atoms with van der Waals surface area (Å²) in [4.78, 5) is 23.6. The number of carbonyl (C=O) groups is 1. The van der Waals surface area contributed by atoms with Crippen LogP contribution in [0.4, 0.5) is 11.4 Å². The van der Waals surface area contributed by atoms with E-state index in [1.54, 1.807) is 22.9 Å². The molecule has 2 aromatic heterocycles. The van der Waals surface area contributed by atoms with Crippen LogP contribution in [0.2, 0.25) is 5.02 Å². The predicted molar refractivity (Wildman–Crippen MR) is 127 cm³/mol. The number of nitrogens with one attached hydrogen (secondary N) is 1. The zero-order valence-electron chi connectivity index (χ0n) is 18.7. The molecule has 0 aliphatic rings. The van der Waals surface area contributed by atoms with Gasteiger partial charge in [-0.1, -0.05) is 29.3 Å². The number of non-ortho nitro benzene ring substituents is 1. The first-order chi connectivity index (χ1) is 16.2. The molecule has 0 unspecified atom stereocenters. The van der Waals surface area contributed by atoms with E-state index in [4.69, 9.17) is 20.8 Å². The Balaban J connectivity index is 1.52. The van der Waals surface area contributed by atoms with E-state index in [0.717, 1.165) is 11.3 Å². The maximum absolute atomic E-state index is 12.7. The van der Waals surface area contributed by atoms with Crippen molar-refractivity contribution in [3.05, 3.63) is 98.2 Å². The number of furan rings is 1. The summed E-state index contributed by atoms with van der Waals surface area (Å²) >= 11 is 6.18. The van der Waals surface area contributed by atoms with Gasteiger partial charge >= 0.3 is 0 Å². The van der Waals surface area contributed by atoms with Crippen LogP contribution < -0.4 is 10.1 Å². The molecule has 9 nitrogen and oxygen atoms in total. The molecule has 0 aliphatic heterocycles. The lowest BCUT2D eigenvalue weighted by molar-refractivity contribution is -0.384. The smallest absolute Gasteiger partial charge is 0.291 e. The van der Waals surface area contributed by atoms with Gasteiger partial charge in [-0.3, -0.25) is 19.6 Å². The first kappa shape index (κ1) is 23.1. The van der Waals surface area contributed by atoms with Gasteiger partial charge in [0.25, 0.3) is 11.6 Å². The van der Waals surface area contributed by atoms with E-state index in [9.17, 15) is 14.9 Å². The van der Waals surface area contributed by atoms with Crippen molar-refractivity contribution < 1.29 is 18.9 Å².